The van der Waals surface area contributed by atoms with Crippen LogP contribution in [0.1, 0.15) is 56.8 Å². The number of ether oxygens (including phenoxy) is 1. The molecule has 0 spiro atoms. The second-order valence-electron chi connectivity index (χ2n) is 9.06. The quantitative estimate of drug-likeness (QED) is 0.511. The summed E-state index contributed by atoms with van der Waals surface area (Å²) in [5.74, 6) is 1.72. The van der Waals surface area contributed by atoms with Gasteiger partial charge in [0.05, 0.1) is 17.2 Å². The van der Waals surface area contributed by atoms with Crippen LogP contribution in [0.15, 0.2) is 30.7 Å². The molecule has 0 aromatic carbocycles. The third-order valence-electron chi connectivity index (χ3n) is 6.95. The van der Waals surface area contributed by atoms with E-state index >= 15 is 0 Å². The molecular formula is C24H29N7O. The number of imidazole rings is 1. The van der Waals surface area contributed by atoms with Gasteiger partial charge in [-0.15, -0.1) is 5.10 Å². The normalized spacial score (nSPS) is 18.5. The van der Waals surface area contributed by atoms with Crippen LogP contribution in [0.25, 0.3) is 27.8 Å². The Morgan fingerprint density at radius 2 is 1.84 bits per heavy atom. The summed E-state index contributed by atoms with van der Waals surface area (Å²) in [4.78, 5) is 14.0. The molecule has 2 fully saturated rings. The van der Waals surface area contributed by atoms with Crippen molar-refractivity contribution in [2.45, 2.75) is 64.0 Å². The molecule has 0 unspecified atom stereocenters. The van der Waals surface area contributed by atoms with E-state index in [2.05, 4.69) is 38.9 Å². The van der Waals surface area contributed by atoms with E-state index < -0.39 is 0 Å². The molecule has 0 bridgehead atoms. The number of anilines is 1. The number of nitrogens with one attached hydrogen (secondary N) is 1. The Morgan fingerprint density at radius 3 is 2.69 bits per heavy atom. The van der Waals surface area contributed by atoms with Gasteiger partial charge in [-0.05, 0) is 44.7 Å². The van der Waals surface area contributed by atoms with E-state index in [1.165, 1.54) is 32.1 Å². The van der Waals surface area contributed by atoms with Crippen LogP contribution in [0.3, 0.4) is 0 Å². The predicted molar refractivity (Wildman–Crippen MR) is 124 cm³/mol. The molecule has 0 atom stereocenters. The Balaban J connectivity index is 1.34. The van der Waals surface area contributed by atoms with Gasteiger partial charge >= 0.3 is 0 Å². The standard InChI is InChI=1S/C24H29N7O/c1-16-27-23-21(31(16)19-8-11-32-12-9-19)13-17(14-25-23)20-7-10-30-22(20)15-26-24(29-30)28-18-5-3-2-4-6-18/h7,10,13-15,18-19H,2-6,8-9,11-12H2,1H3,(H,28,29). The van der Waals surface area contributed by atoms with E-state index in [1.807, 2.05) is 23.1 Å². The zero-order valence-corrected chi connectivity index (χ0v) is 18.5. The van der Waals surface area contributed by atoms with E-state index in [4.69, 9.17) is 14.8 Å². The second-order valence-corrected chi connectivity index (χ2v) is 9.06. The van der Waals surface area contributed by atoms with Gasteiger partial charge in [-0.3, -0.25) is 0 Å². The fourth-order valence-electron chi connectivity index (χ4n) is 5.28. The summed E-state index contributed by atoms with van der Waals surface area (Å²) in [5.41, 5.74) is 5.01. The molecule has 0 amide bonds. The van der Waals surface area contributed by atoms with Gasteiger partial charge < -0.3 is 14.6 Å². The van der Waals surface area contributed by atoms with Crippen LogP contribution in [0.4, 0.5) is 5.95 Å². The topological polar surface area (TPSA) is 82.2 Å². The average molecular weight is 432 g/mol. The van der Waals surface area contributed by atoms with Crippen molar-refractivity contribution in [1.82, 2.24) is 29.1 Å². The molecule has 32 heavy (non-hydrogen) atoms. The van der Waals surface area contributed by atoms with Crippen LogP contribution >= 0.6 is 0 Å². The molecule has 1 saturated carbocycles. The molecule has 1 saturated heterocycles. The minimum Gasteiger partial charge on any atom is -0.381 e. The van der Waals surface area contributed by atoms with Crippen molar-refractivity contribution in [2.75, 3.05) is 18.5 Å². The second kappa shape index (κ2) is 8.16. The van der Waals surface area contributed by atoms with Gasteiger partial charge in [-0.25, -0.2) is 19.5 Å². The van der Waals surface area contributed by atoms with Crippen molar-refractivity contribution in [1.29, 1.82) is 0 Å². The lowest BCUT2D eigenvalue weighted by molar-refractivity contribution is 0.0701. The molecule has 6 rings (SSSR count). The number of rotatable bonds is 4. The highest BCUT2D eigenvalue weighted by Gasteiger charge is 2.21. The lowest BCUT2D eigenvalue weighted by atomic mass is 9.96. The molecule has 8 nitrogen and oxygen atoms in total. The molecule has 1 aliphatic heterocycles. The van der Waals surface area contributed by atoms with Crippen LogP contribution in [0, 0.1) is 6.92 Å². The monoisotopic (exact) mass is 431 g/mol. The van der Waals surface area contributed by atoms with Gasteiger partial charge in [-0.1, -0.05) is 19.3 Å². The van der Waals surface area contributed by atoms with Crippen LogP contribution in [0.2, 0.25) is 0 Å². The minimum absolute atomic E-state index is 0.410. The number of hydrogen-bond donors (Lipinski definition) is 1. The van der Waals surface area contributed by atoms with Crippen LogP contribution < -0.4 is 5.32 Å². The van der Waals surface area contributed by atoms with Gasteiger partial charge in [0.15, 0.2) is 5.65 Å². The first kappa shape index (κ1) is 19.7. The first-order valence-electron chi connectivity index (χ1n) is 11.8. The average Bonchev–Trinajstić information content (AvgIpc) is 3.39. The van der Waals surface area contributed by atoms with Gasteiger partial charge in [0.1, 0.15) is 5.82 Å². The number of aromatic nitrogens is 6. The Kier molecular flexibility index (Phi) is 5.02. The molecule has 1 N–H and O–H groups in total. The Bertz CT molecular complexity index is 1250. The molecule has 1 aliphatic carbocycles. The number of fused-ring (bicyclic) bond motifs is 2. The molecule has 5 heterocycles. The van der Waals surface area contributed by atoms with Crippen molar-refractivity contribution < 1.29 is 4.74 Å². The SMILES string of the molecule is Cc1nc2ncc(-c3ccn4nc(NC5CCCCC5)ncc34)cc2n1C1CCOCC1. The van der Waals surface area contributed by atoms with Crippen molar-refractivity contribution >= 4 is 22.6 Å². The first-order chi connectivity index (χ1) is 15.8. The van der Waals surface area contributed by atoms with Gasteiger partial charge in [0.2, 0.25) is 5.95 Å². The third-order valence-corrected chi connectivity index (χ3v) is 6.95. The molecule has 0 radical (unpaired) electrons. The maximum Gasteiger partial charge on any atom is 0.241 e. The van der Waals surface area contributed by atoms with Crippen molar-refractivity contribution in [3.63, 3.8) is 0 Å². The summed E-state index contributed by atoms with van der Waals surface area (Å²) in [5, 5.41) is 8.23. The molecule has 8 heteroatoms. The van der Waals surface area contributed by atoms with E-state index in [9.17, 15) is 0 Å². The van der Waals surface area contributed by atoms with Gasteiger partial charge in [0.25, 0.3) is 0 Å². The number of aryl methyl sites for hydroxylation is 1. The van der Waals surface area contributed by atoms with Crippen LogP contribution in [0.5, 0.6) is 0 Å². The first-order valence-corrected chi connectivity index (χ1v) is 11.8. The summed E-state index contributed by atoms with van der Waals surface area (Å²) in [6.45, 7) is 3.67. The van der Waals surface area contributed by atoms with Crippen molar-refractivity contribution in [2.24, 2.45) is 0 Å². The molecule has 166 valence electrons. The zero-order chi connectivity index (χ0) is 21.5. The summed E-state index contributed by atoms with van der Waals surface area (Å²) < 4.78 is 9.82. The highest BCUT2D eigenvalue weighted by atomic mass is 16.5. The largest absolute Gasteiger partial charge is 0.381 e. The van der Waals surface area contributed by atoms with E-state index in [0.29, 0.717) is 18.0 Å². The van der Waals surface area contributed by atoms with Crippen molar-refractivity contribution in [3.8, 4) is 11.1 Å². The van der Waals surface area contributed by atoms with E-state index in [-0.39, 0.29) is 0 Å². The third kappa shape index (κ3) is 3.52. The fraction of sp³-hybridized carbons (Fsp3) is 0.500. The van der Waals surface area contributed by atoms with Gasteiger partial charge in [0, 0.05) is 48.8 Å². The Labute approximate surface area is 187 Å². The summed E-state index contributed by atoms with van der Waals surface area (Å²) in [6, 6.07) is 5.20. The van der Waals surface area contributed by atoms with E-state index in [1.54, 1.807) is 0 Å². The molecule has 4 aromatic rings. The molecule has 4 aromatic heterocycles. The van der Waals surface area contributed by atoms with Crippen LogP contribution in [-0.2, 0) is 4.74 Å². The number of hydrogen-bond acceptors (Lipinski definition) is 6. The number of nitrogens with zero attached hydrogens (tertiary/aromatic N) is 6. The molecular weight excluding hydrogens is 402 g/mol. The lowest BCUT2D eigenvalue weighted by Crippen LogP contribution is -2.23. The Hall–Kier alpha value is -3.00. The minimum atomic E-state index is 0.410. The predicted octanol–water partition coefficient (Wildman–Crippen LogP) is 4.55. The smallest absolute Gasteiger partial charge is 0.241 e. The fourth-order valence-corrected chi connectivity index (χ4v) is 5.28. The highest BCUT2D eigenvalue weighted by Crippen LogP contribution is 2.31. The maximum atomic E-state index is 5.57. The highest BCUT2D eigenvalue weighted by molar-refractivity contribution is 5.85. The van der Waals surface area contributed by atoms with Crippen molar-refractivity contribution in [3.05, 3.63) is 36.5 Å². The Morgan fingerprint density at radius 1 is 1.00 bits per heavy atom. The molecule has 2 aliphatic rings. The number of pyridine rings is 1. The van der Waals surface area contributed by atoms with Crippen LogP contribution in [-0.4, -0.2) is 48.4 Å². The lowest BCUT2D eigenvalue weighted by Gasteiger charge is -2.25. The summed E-state index contributed by atoms with van der Waals surface area (Å²) in [7, 11) is 0. The summed E-state index contributed by atoms with van der Waals surface area (Å²) >= 11 is 0. The van der Waals surface area contributed by atoms with Gasteiger partial charge in [-0.2, -0.15) is 0 Å². The maximum absolute atomic E-state index is 5.57. The van der Waals surface area contributed by atoms with E-state index in [0.717, 1.165) is 59.7 Å². The summed E-state index contributed by atoms with van der Waals surface area (Å²) in [6.07, 6.45) is 14.2. The zero-order valence-electron chi connectivity index (χ0n) is 18.5.